The molecular formula is C8H17NO2S. The van der Waals surface area contributed by atoms with Crippen molar-refractivity contribution in [1.82, 2.24) is 4.72 Å². The predicted octanol–water partition coefficient (Wildman–Crippen LogP) is 0.972. The van der Waals surface area contributed by atoms with Gasteiger partial charge < -0.3 is 0 Å². The lowest BCUT2D eigenvalue weighted by molar-refractivity contribution is 0.451. The van der Waals surface area contributed by atoms with E-state index in [4.69, 9.17) is 0 Å². The molecule has 1 aliphatic carbocycles. The summed E-state index contributed by atoms with van der Waals surface area (Å²) in [5, 5.41) is 0. The Labute approximate surface area is 74.6 Å². The summed E-state index contributed by atoms with van der Waals surface area (Å²) in [4.78, 5) is 0. The summed E-state index contributed by atoms with van der Waals surface area (Å²) < 4.78 is 24.8. The average Bonchev–Trinajstić information content (AvgIpc) is 2.30. The van der Waals surface area contributed by atoms with Crippen molar-refractivity contribution >= 4 is 10.0 Å². The van der Waals surface area contributed by atoms with E-state index >= 15 is 0 Å². The van der Waals surface area contributed by atoms with Crippen LogP contribution in [-0.2, 0) is 10.0 Å². The maximum absolute atomic E-state index is 11.2. The summed E-state index contributed by atoms with van der Waals surface area (Å²) in [7, 11) is -1.57. The molecule has 1 N–H and O–H groups in total. The topological polar surface area (TPSA) is 46.2 Å². The molecule has 0 aromatic carbocycles. The van der Waals surface area contributed by atoms with Crippen LogP contribution >= 0.6 is 0 Å². The van der Waals surface area contributed by atoms with E-state index in [1.807, 2.05) is 6.92 Å². The smallest absolute Gasteiger partial charge is 0.211 e. The van der Waals surface area contributed by atoms with Crippen LogP contribution in [0.5, 0.6) is 0 Å². The minimum Gasteiger partial charge on any atom is -0.218 e. The Hall–Kier alpha value is -0.0900. The summed E-state index contributed by atoms with van der Waals surface area (Å²) in [5.74, 6) is 0.253. The Bertz CT molecular complexity index is 281. The summed E-state index contributed by atoms with van der Waals surface area (Å²) >= 11 is 0. The third-order valence-corrected chi connectivity index (χ3v) is 4.80. The molecule has 3 nitrogen and oxygen atoms in total. The van der Waals surface area contributed by atoms with Gasteiger partial charge in [-0.1, -0.05) is 20.8 Å². The summed E-state index contributed by atoms with van der Waals surface area (Å²) in [6, 6.07) is 0. The van der Waals surface area contributed by atoms with Crippen molar-refractivity contribution in [2.75, 3.05) is 12.8 Å². The fourth-order valence-corrected chi connectivity index (χ4v) is 3.15. The van der Waals surface area contributed by atoms with Gasteiger partial charge in [-0.25, -0.2) is 13.1 Å². The maximum atomic E-state index is 11.2. The molecule has 0 aromatic rings. The molecule has 4 heteroatoms. The highest BCUT2D eigenvalue weighted by Crippen LogP contribution is 2.63. The van der Waals surface area contributed by atoms with Gasteiger partial charge in [0, 0.05) is 0 Å². The van der Waals surface area contributed by atoms with Crippen LogP contribution in [0.3, 0.4) is 0 Å². The lowest BCUT2D eigenvalue weighted by Crippen LogP contribution is -2.28. The first kappa shape index (κ1) is 9.99. The molecule has 1 unspecified atom stereocenters. The number of sulfonamides is 1. The van der Waals surface area contributed by atoms with Gasteiger partial charge in [0.1, 0.15) is 0 Å². The van der Waals surface area contributed by atoms with E-state index < -0.39 is 10.0 Å². The third kappa shape index (κ3) is 1.64. The quantitative estimate of drug-likeness (QED) is 0.722. The van der Waals surface area contributed by atoms with Gasteiger partial charge in [-0.2, -0.15) is 0 Å². The van der Waals surface area contributed by atoms with Crippen molar-refractivity contribution in [3.05, 3.63) is 0 Å². The summed E-state index contributed by atoms with van der Waals surface area (Å²) in [5.41, 5.74) is 0.172. The first-order valence-electron chi connectivity index (χ1n) is 4.14. The Kier molecular flexibility index (Phi) is 2.04. The lowest BCUT2D eigenvalue weighted by Gasteiger charge is -2.13. The van der Waals surface area contributed by atoms with E-state index in [9.17, 15) is 8.42 Å². The number of hydrogen-bond donors (Lipinski definition) is 1. The highest BCUT2D eigenvalue weighted by molar-refractivity contribution is 7.89. The van der Waals surface area contributed by atoms with Crippen molar-refractivity contribution in [1.29, 1.82) is 0 Å². The molecule has 1 rings (SSSR count). The molecule has 1 aliphatic rings. The second-order valence-corrected chi connectivity index (χ2v) is 6.51. The lowest BCUT2D eigenvalue weighted by atomic mass is 10.0. The Morgan fingerprint density at radius 2 is 1.75 bits per heavy atom. The summed E-state index contributed by atoms with van der Waals surface area (Å²) in [6.45, 7) is 6.25. The zero-order valence-corrected chi connectivity index (χ0v) is 8.96. The molecule has 0 amide bonds. The number of rotatable bonds is 3. The van der Waals surface area contributed by atoms with Crippen LogP contribution in [0.2, 0.25) is 0 Å². The van der Waals surface area contributed by atoms with Crippen molar-refractivity contribution < 1.29 is 8.42 Å². The van der Waals surface area contributed by atoms with Crippen molar-refractivity contribution in [2.24, 2.45) is 10.8 Å². The second-order valence-electron chi connectivity index (χ2n) is 4.58. The van der Waals surface area contributed by atoms with Crippen LogP contribution in [0.15, 0.2) is 0 Å². The maximum Gasteiger partial charge on any atom is 0.211 e. The van der Waals surface area contributed by atoms with E-state index in [-0.39, 0.29) is 16.6 Å². The van der Waals surface area contributed by atoms with Gasteiger partial charge in [0.2, 0.25) is 10.0 Å². The van der Waals surface area contributed by atoms with Gasteiger partial charge in [0.05, 0.1) is 5.75 Å². The standard InChI is InChI=1S/C8H17NO2S/c1-7(2)5-8(7,3)6-12(10,11)9-4/h9H,5-6H2,1-4H3. The van der Waals surface area contributed by atoms with Crippen LogP contribution in [0.1, 0.15) is 27.2 Å². The van der Waals surface area contributed by atoms with E-state index in [0.29, 0.717) is 0 Å². The fourth-order valence-electron chi connectivity index (χ4n) is 1.67. The highest BCUT2D eigenvalue weighted by atomic mass is 32.2. The SMILES string of the molecule is CNS(=O)(=O)CC1(C)CC1(C)C. The first-order chi connectivity index (χ1) is 5.22. The molecule has 0 radical (unpaired) electrons. The van der Waals surface area contributed by atoms with E-state index in [1.54, 1.807) is 0 Å². The van der Waals surface area contributed by atoms with Crippen LogP contribution < -0.4 is 4.72 Å². The Morgan fingerprint density at radius 1 is 1.33 bits per heavy atom. The molecule has 0 saturated heterocycles. The normalized spacial score (nSPS) is 33.3. The number of hydrogen-bond acceptors (Lipinski definition) is 2. The Morgan fingerprint density at radius 3 is 2.00 bits per heavy atom. The van der Waals surface area contributed by atoms with Crippen molar-refractivity contribution in [3.63, 3.8) is 0 Å². The summed E-state index contributed by atoms with van der Waals surface area (Å²) in [6.07, 6.45) is 1.00. The van der Waals surface area contributed by atoms with Crippen LogP contribution in [-0.4, -0.2) is 21.2 Å². The van der Waals surface area contributed by atoms with Gasteiger partial charge in [-0.05, 0) is 24.3 Å². The van der Waals surface area contributed by atoms with E-state index in [2.05, 4.69) is 18.6 Å². The molecule has 0 aliphatic heterocycles. The second kappa shape index (κ2) is 2.45. The number of nitrogens with one attached hydrogen (secondary N) is 1. The van der Waals surface area contributed by atoms with Gasteiger partial charge >= 0.3 is 0 Å². The van der Waals surface area contributed by atoms with E-state index in [1.165, 1.54) is 7.05 Å². The Balaban J connectivity index is 2.67. The van der Waals surface area contributed by atoms with Crippen molar-refractivity contribution in [3.8, 4) is 0 Å². The zero-order valence-electron chi connectivity index (χ0n) is 8.14. The molecule has 1 atom stereocenters. The largest absolute Gasteiger partial charge is 0.218 e. The van der Waals surface area contributed by atoms with E-state index in [0.717, 1.165) is 6.42 Å². The minimum absolute atomic E-state index is 0.0190. The van der Waals surface area contributed by atoms with Gasteiger partial charge in [-0.3, -0.25) is 0 Å². The van der Waals surface area contributed by atoms with Gasteiger partial charge in [0.15, 0.2) is 0 Å². The predicted molar refractivity (Wildman–Crippen MR) is 49.4 cm³/mol. The third-order valence-electron chi connectivity index (χ3n) is 3.16. The molecule has 72 valence electrons. The molecule has 0 bridgehead atoms. The van der Waals surface area contributed by atoms with Crippen LogP contribution in [0.25, 0.3) is 0 Å². The molecule has 0 heterocycles. The molecule has 1 saturated carbocycles. The van der Waals surface area contributed by atoms with Crippen molar-refractivity contribution in [2.45, 2.75) is 27.2 Å². The van der Waals surface area contributed by atoms with Gasteiger partial charge in [-0.15, -0.1) is 0 Å². The van der Waals surface area contributed by atoms with Crippen LogP contribution in [0.4, 0.5) is 0 Å². The average molecular weight is 191 g/mol. The highest BCUT2D eigenvalue weighted by Gasteiger charge is 2.58. The first-order valence-corrected chi connectivity index (χ1v) is 5.79. The molecule has 12 heavy (non-hydrogen) atoms. The monoisotopic (exact) mass is 191 g/mol. The van der Waals surface area contributed by atoms with Crippen LogP contribution in [0, 0.1) is 10.8 Å². The fraction of sp³-hybridized carbons (Fsp3) is 1.00. The zero-order chi connectivity index (χ0) is 9.62. The molecule has 0 aromatic heterocycles. The molecule has 1 fully saturated rings. The van der Waals surface area contributed by atoms with Gasteiger partial charge in [0.25, 0.3) is 0 Å². The molecular weight excluding hydrogens is 174 g/mol. The minimum atomic E-state index is -3.04. The molecule has 0 spiro atoms.